The number of pyridine rings is 1. The zero-order chi connectivity index (χ0) is 33.8. The van der Waals surface area contributed by atoms with Crippen LogP contribution in [0.3, 0.4) is 0 Å². The van der Waals surface area contributed by atoms with Crippen molar-refractivity contribution in [1.29, 1.82) is 0 Å². The topological polar surface area (TPSA) is 181 Å². The number of hydrogen-bond acceptors (Lipinski definition) is 8. The van der Waals surface area contributed by atoms with Crippen LogP contribution < -0.4 is 10.6 Å². The number of halogens is 1. The smallest absolute Gasteiger partial charge is 0.322 e. The Kier molecular flexibility index (Phi) is 9.92. The number of benzene rings is 1. The van der Waals surface area contributed by atoms with Gasteiger partial charge in [-0.1, -0.05) is 13.8 Å². The van der Waals surface area contributed by atoms with Gasteiger partial charge in [0, 0.05) is 62.0 Å². The van der Waals surface area contributed by atoms with Gasteiger partial charge >= 0.3 is 5.97 Å². The number of rotatable bonds is 12. The number of ketones is 1. The van der Waals surface area contributed by atoms with Crippen LogP contribution in [0.1, 0.15) is 51.1 Å². The molecule has 1 saturated heterocycles. The highest BCUT2D eigenvalue weighted by molar-refractivity contribution is 5.98. The first-order chi connectivity index (χ1) is 22.4. The second-order valence-corrected chi connectivity index (χ2v) is 12.0. The summed E-state index contributed by atoms with van der Waals surface area (Å²) < 4.78 is 18.7. The van der Waals surface area contributed by atoms with Gasteiger partial charge in [0.15, 0.2) is 5.65 Å². The molecule has 0 spiro atoms. The van der Waals surface area contributed by atoms with Crippen molar-refractivity contribution in [1.82, 2.24) is 40.1 Å². The van der Waals surface area contributed by atoms with Gasteiger partial charge in [-0.15, -0.1) is 0 Å². The van der Waals surface area contributed by atoms with Gasteiger partial charge in [0.05, 0.1) is 29.3 Å². The molecule has 5 rings (SSSR count). The van der Waals surface area contributed by atoms with Gasteiger partial charge in [0.1, 0.15) is 24.7 Å². The van der Waals surface area contributed by atoms with Crippen LogP contribution in [0, 0.1) is 11.7 Å². The molecule has 0 atom stereocenters. The molecule has 14 nitrogen and oxygen atoms in total. The molecule has 1 aliphatic heterocycles. The largest absolute Gasteiger partial charge is 0.480 e. The monoisotopic (exact) mass is 648 g/mol. The highest BCUT2D eigenvalue weighted by Gasteiger charge is 2.30. The minimum atomic E-state index is -1.21. The summed E-state index contributed by atoms with van der Waals surface area (Å²) >= 11 is 0. The summed E-state index contributed by atoms with van der Waals surface area (Å²) in [7, 11) is 1.77. The molecule has 0 aliphatic carbocycles. The second kappa shape index (κ2) is 14.1. The molecule has 4 aromatic rings. The number of aromatic nitrogens is 5. The lowest BCUT2D eigenvalue weighted by Gasteiger charge is -2.31. The van der Waals surface area contributed by atoms with Crippen LogP contribution in [0.4, 0.5) is 4.39 Å². The summed E-state index contributed by atoms with van der Waals surface area (Å²) in [6.45, 7) is 3.22. The third kappa shape index (κ3) is 7.45. The maximum absolute atomic E-state index is 15.6. The Balaban J connectivity index is 1.44. The number of nitrogens with one attached hydrogen (secondary N) is 2. The van der Waals surface area contributed by atoms with Crippen LogP contribution in [-0.2, 0) is 37.6 Å². The molecule has 4 heterocycles. The number of carboxylic acid groups (broad SMARTS) is 1. The number of aryl methyl sites for hydroxylation is 1. The number of carboxylic acids is 1. The van der Waals surface area contributed by atoms with Crippen molar-refractivity contribution in [2.75, 3.05) is 26.2 Å². The van der Waals surface area contributed by atoms with E-state index in [4.69, 9.17) is 10.2 Å². The summed E-state index contributed by atoms with van der Waals surface area (Å²) in [5.41, 5.74) is 2.54. The highest BCUT2D eigenvalue weighted by Crippen LogP contribution is 2.39. The molecule has 3 aromatic heterocycles. The van der Waals surface area contributed by atoms with E-state index in [1.165, 1.54) is 16.9 Å². The molecule has 0 unspecified atom stereocenters. The number of likely N-dealkylation sites (tertiary alicyclic amines) is 1. The summed E-state index contributed by atoms with van der Waals surface area (Å²) in [6, 6.07) is 4.84. The van der Waals surface area contributed by atoms with Crippen molar-refractivity contribution < 1.29 is 33.5 Å². The van der Waals surface area contributed by atoms with E-state index in [0.29, 0.717) is 59.2 Å². The van der Waals surface area contributed by atoms with Crippen molar-refractivity contribution in [3.63, 3.8) is 0 Å². The minimum absolute atomic E-state index is 0.0479. The van der Waals surface area contributed by atoms with E-state index in [1.54, 1.807) is 35.0 Å². The SMILES string of the molecule is CC(C)C(=O)CCC(=O)N1CCC(c2nn(CC(=O)NCC(=O)NCC(=O)O)c3nccc(-c4cc5c(cnn5C)cc4F)c23)CC1. The molecule has 248 valence electrons. The van der Waals surface area contributed by atoms with Gasteiger partial charge in [-0.3, -0.25) is 28.7 Å². The third-order valence-corrected chi connectivity index (χ3v) is 8.43. The zero-order valence-corrected chi connectivity index (χ0v) is 26.5. The molecule has 1 fully saturated rings. The molecule has 1 aliphatic rings. The van der Waals surface area contributed by atoms with Gasteiger partial charge < -0.3 is 20.6 Å². The predicted octanol–water partition coefficient (Wildman–Crippen LogP) is 2.15. The van der Waals surface area contributed by atoms with Gasteiger partial charge in [-0.25, -0.2) is 14.1 Å². The number of carbonyl (C=O) groups excluding carboxylic acids is 4. The van der Waals surface area contributed by atoms with E-state index in [-0.39, 0.29) is 42.9 Å². The van der Waals surface area contributed by atoms with E-state index in [1.807, 2.05) is 13.8 Å². The van der Waals surface area contributed by atoms with Crippen molar-refractivity contribution in [2.45, 2.75) is 52.0 Å². The van der Waals surface area contributed by atoms with Crippen LogP contribution >= 0.6 is 0 Å². The molecule has 1 aromatic carbocycles. The first-order valence-corrected chi connectivity index (χ1v) is 15.5. The number of carbonyl (C=O) groups is 5. The fraction of sp³-hybridized carbons (Fsp3) is 0.438. The number of piperidine rings is 1. The Morgan fingerprint density at radius 2 is 1.74 bits per heavy atom. The van der Waals surface area contributed by atoms with Crippen LogP contribution in [-0.4, -0.2) is 90.2 Å². The van der Waals surface area contributed by atoms with E-state index in [0.717, 1.165) is 5.52 Å². The van der Waals surface area contributed by atoms with Gasteiger partial charge in [-0.05, 0) is 36.6 Å². The lowest BCUT2D eigenvalue weighted by atomic mass is 9.89. The number of amides is 3. The van der Waals surface area contributed by atoms with E-state index in [2.05, 4.69) is 20.7 Å². The maximum Gasteiger partial charge on any atom is 0.322 e. The fourth-order valence-electron chi connectivity index (χ4n) is 5.81. The fourth-order valence-corrected chi connectivity index (χ4v) is 5.81. The summed E-state index contributed by atoms with van der Waals surface area (Å²) in [5.74, 6) is -3.19. The summed E-state index contributed by atoms with van der Waals surface area (Å²) in [6.07, 6.45) is 4.58. The first kappa shape index (κ1) is 33.2. The van der Waals surface area contributed by atoms with Gasteiger partial charge in [-0.2, -0.15) is 10.2 Å². The molecule has 0 saturated carbocycles. The highest BCUT2D eigenvalue weighted by atomic mass is 19.1. The number of aliphatic carboxylic acids is 1. The van der Waals surface area contributed by atoms with Crippen LogP contribution in [0.5, 0.6) is 0 Å². The molecular weight excluding hydrogens is 611 g/mol. The number of fused-ring (bicyclic) bond motifs is 2. The van der Waals surface area contributed by atoms with Crippen LogP contribution in [0.25, 0.3) is 33.1 Å². The van der Waals surface area contributed by atoms with Gasteiger partial charge in [0.25, 0.3) is 0 Å². The Hall–Kier alpha value is -5.21. The van der Waals surface area contributed by atoms with Crippen molar-refractivity contribution in [2.24, 2.45) is 13.0 Å². The molecule has 0 bridgehead atoms. The molecule has 47 heavy (non-hydrogen) atoms. The third-order valence-electron chi connectivity index (χ3n) is 8.43. The van der Waals surface area contributed by atoms with Crippen molar-refractivity contribution in [3.05, 3.63) is 42.1 Å². The number of Topliss-reactive ketones (excluding diaryl/α,β-unsaturated/α-hetero) is 1. The van der Waals surface area contributed by atoms with E-state index >= 15 is 4.39 Å². The number of hydrogen-bond donors (Lipinski definition) is 3. The first-order valence-electron chi connectivity index (χ1n) is 15.5. The zero-order valence-electron chi connectivity index (χ0n) is 26.5. The maximum atomic E-state index is 15.6. The minimum Gasteiger partial charge on any atom is -0.480 e. The Morgan fingerprint density at radius 3 is 2.45 bits per heavy atom. The normalized spacial score (nSPS) is 13.8. The molecule has 15 heteroatoms. The summed E-state index contributed by atoms with van der Waals surface area (Å²) in [4.78, 5) is 66.7. The standard InChI is InChI=1S/C32H37FN8O6/c1-18(2)25(42)4-5-28(45)40-10-7-19(8-11-40)31-30-21(22-13-24-20(12-23(22)33)14-37-39(24)3)6-9-34-32(30)41(38-31)17-27(44)35-15-26(43)36-16-29(46)47/h6,9,12-14,18-19H,4-5,7-8,10-11,15-17H2,1-3H3,(H,35,44)(H,36,43)(H,46,47). The van der Waals surface area contributed by atoms with E-state index < -0.39 is 36.7 Å². The Labute approximate surface area is 269 Å². The number of nitrogens with zero attached hydrogens (tertiary/aromatic N) is 6. The molecular formula is C32H37FN8O6. The predicted molar refractivity (Wildman–Crippen MR) is 168 cm³/mol. The van der Waals surface area contributed by atoms with Crippen LogP contribution in [0.15, 0.2) is 30.6 Å². The lowest BCUT2D eigenvalue weighted by Crippen LogP contribution is -2.40. The average molecular weight is 649 g/mol. The lowest BCUT2D eigenvalue weighted by molar-refractivity contribution is -0.137. The average Bonchev–Trinajstić information content (AvgIpc) is 3.60. The summed E-state index contributed by atoms with van der Waals surface area (Å²) in [5, 5.41) is 23.6. The van der Waals surface area contributed by atoms with Crippen molar-refractivity contribution >= 4 is 51.4 Å². The molecule has 0 radical (unpaired) electrons. The van der Waals surface area contributed by atoms with Crippen molar-refractivity contribution in [3.8, 4) is 11.1 Å². The Bertz CT molecular complexity index is 1860. The second-order valence-electron chi connectivity index (χ2n) is 12.0. The Morgan fingerprint density at radius 1 is 1.02 bits per heavy atom. The van der Waals surface area contributed by atoms with E-state index in [9.17, 15) is 24.0 Å². The van der Waals surface area contributed by atoms with Gasteiger partial charge in [0.2, 0.25) is 17.7 Å². The molecule has 3 amide bonds. The quantitative estimate of drug-likeness (QED) is 0.207. The molecule has 3 N–H and O–H groups in total. The van der Waals surface area contributed by atoms with Crippen LogP contribution in [0.2, 0.25) is 0 Å².